The van der Waals surface area contributed by atoms with E-state index in [9.17, 15) is 34.9 Å². The lowest BCUT2D eigenvalue weighted by Gasteiger charge is -2.12. The minimum atomic E-state index is -0.752. The van der Waals surface area contributed by atoms with Crippen LogP contribution in [0.3, 0.4) is 0 Å². The Kier molecular flexibility index (Phi) is 18.1. The minimum Gasteiger partial charge on any atom is -0.508 e. The predicted molar refractivity (Wildman–Crippen MR) is 181 cm³/mol. The maximum atomic E-state index is 11.4. The summed E-state index contributed by atoms with van der Waals surface area (Å²) in [5, 5.41) is 31.1. The Bertz CT molecular complexity index is 1450. The Morgan fingerprint density at radius 1 is 0.796 bits per heavy atom. The van der Waals surface area contributed by atoms with Gasteiger partial charge in [0, 0.05) is 30.9 Å². The second-order valence-corrected chi connectivity index (χ2v) is 11.4. The fraction of sp³-hybridized carbons (Fsp3) is 0.471. The van der Waals surface area contributed by atoms with E-state index in [0.717, 1.165) is 12.8 Å². The second-order valence-electron chi connectivity index (χ2n) is 11.0. The number of ether oxygens (including phenoxy) is 5. The monoisotopic (exact) mass is 706 g/mol. The number of Topliss-reactive ketones (excluding diaryl/α,β-unsaturated/α-hetero) is 2. The van der Waals surface area contributed by atoms with E-state index >= 15 is 0 Å². The third-order valence-corrected chi connectivity index (χ3v) is 7.23. The fourth-order valence-corrected chi connectivity index (χ4v) is 4.52. The molecule has 49 heavy (non-hydrogen) atoms. The van der Waals surface area contributed by atoms with Crippen molar-refractivity contribution in [3.63, 3.8) is 0 Å². The maximum absolute atomic E-state index is 11.4. The summed E-state index contributed by atoms with van der Waals surface area (Å²) < 4.78 is 26.6. The van der Waals surface area contributed by atoms with Crippen molar-refractivity contribution in [1.82, 2.24) is 0 Å². The molecule has 2 aliphatic rings. The molecule has 15 heteroatoms. The van der Waals surface area contributed by atoms with Gasteiger partial charge in [0.2, 0.25) is 0 Å². The average Bonchev–Trinajstić information content (AvgIpc) is 3.80. The first-order valence-electron chi connectivity index (χ1n) is 15.6. The molecule has 1 N–H and O–H groups in total. The molecule has 2 aromatic carbocycles. The van der Waals surface area contributed by atoms with Crippen molar-refractivity contribution in [2.45, 2.75) is 65.0 Å². The van der Waals surface area contributed by atoms with Gasteiger partial charge in [-0.25, -0.2) is 0 Å². The largest absolute Gasteiger partial charge is 0.508 e. The number of rotatable bonds is 16. The Labute approximate surface area is 289 Å². The van der Waals surface area contributed by atoms with Crippen molar-refractivity contribution in [1.29, 1.82) is 0 Å². The number of benzene rings is 2. The zero-order valence-electron chi connectivity index (χ0n) is 27.7. The normalized spacial score (nSPS) is 14.2. The Hall–Kier alpha value is -4.21. The molecular weight excluding hydrogens is 664 g/mol. The van der Waals surface area contributed by atoms with Gasteiger partial charge in [-0.1, -0.05) is 13.2 Å². The molecule has 0 radical (unpaired) electrons. The fourth-order valence-electron chi connectivity index (χ4n) is 4.33. The molecule has 14 nitrogen and oxygen atoms in total. The van der Waals surface area contributed by atoms with Gasteiger partial charge in [-0.3, -0.25) is 29.8 Å². The van der Waals surface area contributed by atoms with Crippen molar-refractivity contribution in [2.24, 2.45) is 0 Å². The van der Waals surface area contributed by atoms with Crippen molar-refractivity contribution in [2.75, 3.05) is 38.9 Å². The summed E-state index contributed by atoms with van der Waals surface area (Å²) in [7, 11) is 0. The van der Waals surface area contributed by atoms with Gasteiger partial charge >= 0.3 is 0 Å². The maximum Gasteiger partial charge on any atom is 0.277 e. The van der Waals surface area contributed by atoms with E-state index < -0.39 is 22.4 Å². The number of aromatic hydroxyl groups is 1. The molecule has 2 aromatic rings. The number of phenols is 1. The molecule has 0 amide bonds. The van der Waals surface area contributed by atoms with Gasteiger partial charge < -0.3 is 28.8 Å². The lowest BCUT2D eigenvalue weighted by atomic mass is 10.1. The third kappa shape index (κ3) is 14.4. The number of halogens is 1. The Morgan fingerprint density at radius 3 is 1.69 bits per heavy atom. The highest BCUT2D eigenvalue weighted by Gasteiger charge is 2.28. The topological polar surface area (TPSA) is 187 Å². The van der Waals surface area contributed by atoms with Crippen LogP contribution in [0.1, 0.15) is 76.1 Å². The summed E-state index contributed by atoms with van der Waals surface area (Å²) in [6.45, 7) is 12.6. The van der Waals surface area contributed by atoms with E-state index in [2.05, 4.69) is 13.2 Å². The molecule has 0 bridgehead atoms. The number of carbonyl (C=O) groups excluding carboxylic acids is 2. The van der Waals surface area contributed by atoms with E-state index in [1.165, 1.54) is 24.3 Å². The van der Waals surface area contributed by atoms with E-state index in [1.54, 1.807) is 26.0 Å². The summed E-state index contributed by atoms with van der Waals surface area (Å²) in [4.78, 5) is 43.1. The highest BCUT2D eigenvalue weighted by atomic mass is 35.5. The first-order valence-corrected chi connectivity index (χ1v) is 16.2. The average molecular weight is 707 g/mol. The molecule has 0 aromatic heterocycles. The van der Waals surface area contributed by atoms with Crippen LogP contribution in [-0.4, -0.2) is 65.4 Å². The zero-order chi connectivity index (χ0) is 36.3. The lowest BCUT2D eigenvalue weighted by molar-refractivity contribution is -0.386. The molecule has 4 rings (SSSR count). The van der Waals surface area contributed by atoms with Gasteiger partial charge in [-0.15, -0.1) is 11.6 Å². The summed E-state index contributed by atoms with van der Waals surface area (Å²) in [6, 6.07) is 8.30. The van der Waals surface area contributed by atoms with Crippen LogP contribution in [-0.2, 0) is 28.5 Å². The number of nitro benzene ring substituents is 2. The van der Waals surface area contributed by atoms with Gasteiger partial charge in [0.15, 0.2) is 24.1 Å². The first kappa shape index (κ1) is 41.0. The van der Waals surface area contributed by atoms with Gasteiger partial charge in [-0.05, 0) is 74.9 Å². The smallest absolute Gasteiger partial charge is 0.277 e. The molecule has 2 heterocycles. The molecule has 0 saturated carbocycles. The molecule has 268 valence electrons. The summed E-state index contributed by atoms with van der Waals surface area (Å²) in [5.74, 6) is 1.33. The van der Waals surface area contributed by atoms with Crippen LogP contribution in [0.15, 0.2) is 60.7 Å². The molecule has 0 spiro atoms. The van der Waals surface area contributed by atoms with Crippen LogP contribution < -0.4 is 4.74 Å². The number of carbonyl (C=O) groups is 2. The van der Waals surface area contributed by atoms with Crippen LogP contribution in [0.2, 0.25) is 0 Å². The van der Waals surface area contributed by atoms with Crippen molar-refractivity contribution in [3.8, 4) is 11.5 Å². The van der Waals surface area contributed by atoms with Crippen LogP contribution in [0, 0.1) is 20.2 Å². The number of allylic oxidation sites excluding steroid dienone is 2. The van der Waals surface area contributed by atoms with E-state index in [0.29, 0.717) is 87.1 Å². The molecule has 0 unspecified atom stereocenters. The number of unbranched alkanes of at least 4 members (excludes halogenated alkanes) is 2. The summed E-state index contributed by atoms with van der Waals surface area (Å²) in [5.41, 5.74) is 1.65. The molecule has 0 atom stereocenters. The van der Waals surface area contributed by atoms with E-state index in [-0.39, 0.29) is 34.3 Å². The van der Waals surface area contributed by atoms with Crippen LogP contribution in [0.4, 0.5) is 11.4 Å². The number of hydrogen-bond acceptors (Lipinski definition) is 12. The van der Waals surface area contributed by atoms with Gasteiger partial charge in [0.1, 0.15) is 11.5 Å². The summed E-state index contributed by atoms with van der Waals surface area (Å²) >= 11 is 5.43. The number of alkyl halides is 1. The highest BCUT2D eigenvalue weighted by Crippen LogP contribution is 2.35. The molecule has 2 aliphatic heterocycles. The minimum absolute atomic E-state index is 0.0466. The zero-order valence-corrected chi connectivity index (χ0v) is 28.5. The molecular formula is C34H43ClN2O12. The van der Waals surface area contributed by atoms with Gasteiger partial charge in [0.05, 0.1) is 54.0 Å². The Balaban J connectivity index is 0.000000284. The quantitative estimate of drug-likeness (QED) is 0.0608. The third-order valence-electron chi connectivity index (χ3n) is 6.96. The predicted octanol–water partition coefficient (Wildman–Crippen LogP) is 7.22. The van der Waals surface area contributed by atoms with Gasteiger partial charge in [0.25, 0.3) is 11.4 Å². The van der Waals surface area contributed by atoms with Crippen LogP contribution >= 0.6 is 11.6 Å². The molecule has 2 fully saturated rings. The number of nitro groups is 2. The lowest BCUT2D eigenvalue weighted by Crippen LogP contribution is -2.05. The van der Waals surface area contributed by atoms with Crippen LogP contribution in [0.25, 0.3) is 0 Å². The second kappa shape index (κ2) is 21.7. The van der Waals surface area contributed by atoms with Crippen LogP contribution in [0.5, 0.6) is 11.5 Å². The number of nitrogens with zero attached hydrogens (tertiary/aromatic N) is 2. The number of hydrogen-bond donors (Lipinski definition) is 1. The Morgan fingerprint density at radius 2 is 1.24 bits per heavy atom. The first-order chi connectivity index (χ1) is 23.3. The summed E-state index contributed by atoms with van der Waals surface area (Å²) in [6.07, 6.45) is 2.79. The SMILES string of the molecule is C=C(C)C(=O)CCCCCl.C=C(C)C(=O)CCCCOc1ccc([N+](=O)[O-])c(C2OCCO2)c1.O=[N+]([O-])c1ccc(O)cc1C1OCCO1. The van der Waals surface area contributed by atoms with Crippen molar-refractivity contribution in [3.05, 3.63) is 92.1 Å². The van der Waals surface area contributed by atoms with Crippen molar-refractivity contribution >= 4 is 34.5 Å². The standard InChI is InChI=1S/C17H21NO6.C9H9NO5.C8H13ClO/c1-12(2)16(19)5-3-4-8-22-13-6-7-15(18(20)21)14(11-13)17-23-9-10-24-17;11-6-1-2-8(10(12)13)7(5-6)9-14-3-4-15-9;1-7(2)8(10)5-3-4-6-9/h6-7,11,17H,1,3-5,8-10H2,2H3;1-2,5,9,11H,3-4H2;1,3-6H2,2H3. The number of phenolic OH excluding ortho intramolecular Hbond substituents is 1. The van der Waals surface area contributed by atoms with E-state index in [4.69, 9.17) is 35.3 Å². The molecule has 0 aliphatic carbocycles. The van der Waals surface area contributed by atoms with E-state index in [1.807, 2.05) is 0 Å². The van der Waals surface area contributed by atoms with Gasteiger partial charge in [-0.2, -0.15) is 0 Å². The highest BCUT2D eigenvalue weighted by molar-refractivity contribution is 6.17. The molecule has 2 saturated heterocycles. The van der Waals surface area contributed by atoms with Crippen molar-refractivity contribution < 1.29 is 48.2 Å². The number of ketones is 2.